The molecule has 0 saturated heterocycles. The molecule has 0 amide bonds. The largest absolute Gasteiger partial charge is 0.508 e. The van der Waals surface area contributed by atoms with Gasteiger partial charge >= 0.3 is 0 Å². The number of phenolic OH excluding ortho intramolecular Hbond substituents is 1. The van der Waals surface area contributed by atoms with Crippen molar-refractivity contribution in [3.63, 3.8) is 0 Å². The van der Waals surface area contributed by atoms with E-state index in [1.807, 2.05) is 12.1 Å². The molecule has 0 aliphatic heterocycles. The molecule has 0 heterocycles. The van der Waals surface area contributed by atoms with E-state index < -0.39 is 0 Å². The Morgan fingerprint density at radius 3 is 2.81 bits per heavy atom. The third-order valence-corrected chi connectivity index (χ3v) is 8.53. The fraction of sp³-hybridized carbons (Fsp3) is 0.680. The van der Waals surface area contributed by atoms with Crippen molar-refractivity contribution in [1.82, 2.24) is 0 Å². The summed E-state index contributed by atoms with van der Waals surface area (Å²) in [6.45, 7) is 8.99. The van der Waals surface area contributed by atoms with Crippen molar-refractivity contribution < 1.29 is 10.2 Å². The smallest absolute Gasteiger partial charge is 0.115 e. The van der Waals surface area contributed by atoms with Crippen molar-refractivity contribution in [3.05, 3.63) is 42.0 Å². The zero-order chi connectivity index (χ0) is 19.2. The van der Waals surface area contributed by atoms with Gasteiger partial charge in [0.25, 0.3) is 0 Å². The molecule has 2 N–H and O–H groups in total. The first kappa shape index (κ1) is 19.1. The second-order valence-corrected chi connectivity index (χ2v) is 9.79. The summed E-state index contributed by atoms with van der Waals surface area (Å²) in [6, 6.07) is 6.05. The maximum atomic E-state index is 10.9. The van der Waals surface area contributed by atoms with Crippen LogP contribution >= 0.6 is 0 Å². The second-order valence-electron chi connectivity index (χ2n) is 9.79. The summed E-state index contributed by atoms with van der Waals surface area (Å²) in [6.07, 6.45) is 12.5. The van der Waals surface area contributed by atoms with E-state index in [9.17, 15) is 10.2 Å². The Balaban J connectivity index is 1.81. The Labute approximate surface area is 164 Å². The molecule has 3 aliphatic carbocycles. The third kappa shape index (κ3) is 2.78. The molecular weight excluding hydrogens is 332 g/mol. The summed E-state index contributed by atoms with van der Waals surface area (Å²) in [7, 11) is 0. The van der Waals surface area contributed by atoms with Crippen molar-refractivity contribution in [3.8, 4) is 5.75 Å². The second kappa shape index (κ2) is 6.95. The van der Waals surface area contributed by atoms with Crippen LogP contribution in [-0.2, 0) is 6.42 Å². The first-order chi connectivity index (χ1) is 13.0. The standard InChI is InChI=1S/C25H36O2/c1-4-6-7-8-18-16-24(3)21(11-12-22(24)27)25(5-2)14-13-17-15-19(26)9-10-20(17)23(18)25/h5,9-10,15,18,21-23,26-27H,2,4,6-8,11-14,16H2,1,3H3/t18-,21+,22-,23+,24-,25-/m0/s1. The molecule has 0 unspecified atom stereocenters. The minimum absolute atomic E-state index is 0.0238. The molecule has 4 rings (SSSR count). The number of phenols is 1. The summed E-state index contributed by atoms with van der Waals surface area (Å²) in [5, 5.41) is 21.0. The van der Waals surface area contributed by atoms with Gasteiger partial charge in [-0.05, 0) is 90.4 Å². The highest BCUT2D eigenvalue weighted by Crippen LogP contribution is 2.69. The highest BCUT2D eigenvalue weighted by molar-refractivity contribution is 5.43. The van der Waals surface area contributed by atoms with Gasteiger partial charge in [-0.3, -0.25) is 0 Å². The number of hydrogen-bond donors (Lipinski definition) is 2. The predicted octanol–water partition coefficient (Wildman–Crippen LogP) is 5.97. The van der Waals surface area contributed by atoms with E-state index in [2.05, 4.69) is 32.6 Å². The van der Waals surface area contributed by atoms with Gasteiger partial charge in [-0.1, -0.05) is 45.3 Å². The molecule has 0 radical (unpaired) electrons. The molecule has 2 heteroatoms. The van der Waals surface area contributed by atoms with E-state index in [-0.39, 0.29) is 16.9 Å². The Kier molecular flexibility index (Phi) is 4.91. The maximum Gasteiger partial charge on any atom is 0.115 e. The Bertz CT molecular complexity index is 710. The summed E-state index contributed by atoms with van der Waals surface area (Å²) in [5.41, 5.74) is 2.89. The summed E-state index contributed by atoms with van der Waals surface area (Å²) >= 11 is 0. The number of fused-ring (bicyclic) bond motifs is 5. The highest BCUT2D eigenvalue weighted by Gasteiger charge is 2.63. The summed E-state index contributed by atoms with van der Waals surface area (Å²) in [5.74, 6) is 1.98. The molecule has 2 saturated carbocycles. The van der Waals surface area contributed by atoms with Crippen LogP contribution in [0.1, 0.15) is 82.3 Å². The molecular formula is C25H36O2. The monoisotopic (exact) mass is 368 g/mol. The SMILES string of the molecule is C=C[C@@]12CCc3cc(O)ccc3[C@H]1[C@@H](CCCCC)C[C@@]1(C)[C@H]2CC[C@@H]1O. The van der Waals surface area contributed by atoms with Crippen LogP contribution in [0.3, 0.4) is 0 Å². The van der Waals surface area contributed by atoms with E-state index in [0.29, 0.717) is 23.5 Å². The lowest BCUT2D eigenvalue weighted by atomic mass is 9.44. The fourth-order valence-corrected chi connectivity index (χ4v) is 7.35. The Morgan fingerprint density at radius 1 is 1.26 bits per heavy atom. The summed E-state index contributed by atoms with van der Waals surface area (Å²) < 4.78 is 0. The highest BCUT2D eigenvalue weighted by atomic mass is 16.3. The molecule has 0 aromatic heterocycles. The van der Waals surface area contributed by atoms with Gasteiger partial charge in [-0.15, -0.1) is 6.58 Å². The topological polar surface area (TPSA) is 40.5 Å². The lowest BCUT2D eigenvalue weighted by molar-refractivity contribution is -0.0812. The van der Waals surface area contributed by atoms with Gasteiger partial charge in [-0.25, -0.2) is 0 Å². The minimum Gasteiger partial charge on any atom is -0.508 e. The van der Waals surface area contributed by atoms with Gasteiger partial charge in [0.2, 0.25) is 0 Å². The average Bonchev–Trinajstić information content (AvgIpc) is 2.96. The van der Waals surface area contributed by atoms with Gasteiger partial charge in [0.1, 0.15) is 5.75 Å². The van der Waals surface area contributed by atoms with Crippen LogP contribution in [0.25, 0.3) is 0 Å². The van der Waals surface area contributed by atoms with Gasteiger partial charge in [-0.2, -0.15) is 0 Å². The number of aliphatic hydroxyl groups excluding tert-OH is 1. The molecule has 1 aromatic rings. The third-order valence-electron chi connectivity index (χ3n) is 8.53. The zero-order valence-electron chi connectivity index (χ0n) is 17.1. The van der Waals surface area contributed by atoms with E-state index in [1.54, 1.807) is 0 Å². The molecule has 3 aliphatic rings. The number of aliphatic hydroxyl groups is 1. The predicted molar refractivity (Wildman–Crippen MR) is 111 cm³/mol. The molecule has 0 bridgehead atoms. The Morgan fingerprint density at radius 2 is 2.07 bits per heavy atom. The molecule has 148 valence electrons. The number of hydrogen-bond acceptors (Lipinski definition) is 2. The number of rotatable bonds is 5. The maximum absolute atomic E-state index is 10.9. The molecule has 27 heavy (non-hydrogen) atoms. The van der Waals surface area contributed by atoms with Crippen LogP contribution < -0.4 is 0 Å². The number of unbranched alkanes of at least 4 members (excludes halogenated alkanes) is 2. The molecule has 2 fully saturated rings. The van der Waals surface area contributed by atoms with Crippen molar-refractivity contribution in [2.45, 2.75) is 83.7 Å². The van der Waals surface area contributed by atoms with Gasteiger partial charge in [0, 0.05) is 0 Å². The molecule has 1 aromatic carbocycles. The van der Waals surface area contributed by atoms with E-state index in [0.717, 1.165) is 32.1 Å². The lowest BCUT2D eigenvalue weighted by Gasteiger charge is -2.60. The minimum atomic E-state index is -0.171. The van der Waals surface area contributed by atoms with Crippen LogP contribution in [0.5, 0.6) is 5.75 Å². The first-order valence-electron chi connectivity index (χ1n) is 11.1. The van der Waals surface area contributed by atoms with Crippen LogP contribution in [0, 0.1) is 22.7 Å². The molecule has 0 spiro atoms. The molecule has 6 atom stereocenters. The van der Waals surface area contributed by atoms with Crippen LogP contribution in [0.2, 0.25) is 0 Å². The van der Waals surface area contributed by atoms with Crippen LogP contribution in [-0.4, -0.2) is 16.3 Å². The van der Waals surface area contributed by atoms with Crippen LogP contribution in [0.15, 0.2) is 30.9 Å². The Hall–Kier alpha value is -1.28. The van der Waals surface area contributed by atoms with Crippen LogP contribution in [0.4, 0.5) is 0 Å². The van der Waals surface area contributed by atoms with Crippen molar-refractivity contribution in [2.24, 2.45) is 22.7 Å². The van der Waals surface area contributed by atoms with Crippen molar-refractivity contribution in [1.29, 1.82) is 0 Å². The average molecular weight is 369 g/mol. The number of allylic oxidation sites excluding steroid dienone is 1. The van der Waals surface area contributed by atoms with Gasteiger partial charge in [0.15, 0.2) is 0 Å². The molecule has 2 nitrogen and oxygen atoms in total. The van der Waals surface area contributed by atoms with Crippen molar-refractivity contribution in [2.75, 3.05) is 0 Å². The quantitative estimate of drug-likeness (QED) is 0.496. The van der Waals surface area contributed by atoms with Gasteiger partial charge in [0.05, 0.1) is 6.10 Å². The fourth-order valence-electron chi connectivity index (χ4n) is 7.35. The van der Waals surface area contributed by atoms with E-state index >= 15 is 0 Å². The first-order valence-corrected chi connectivity index (χ1v) is 11.1. The number of benzene rings is 1. The van der Waals surface area contributed by atoms with E-state index in [1.165, 1.54) is 36.8 Å². The van der Waals surface area contributed by atoms with E-state index in [4.69, 9.17) is 0 Å². The zero-order valence-corrected chi connectivity index (χ0v) is 17.1. The normalized spacial score (nSPS) is 40.1. The number of aromatic hydroxyl groups is 1. The van der Waals surface area contributed by atoms with Gasteiger partial charge < -0.3 is 10.2 Å². The number of aryl methyl sites for hydroxylation is 1. The van der Waals surface area contributed by atoms with Crippen molar-refractivity contribution >= 4 is 0 Å². The summed E-state index contributed by atoms with van der Waals surface area (Å²) in [4.78, 5) is 0. The lowest BCUT2D eigenvalue weighted by Crippen LogP contribution is -2.54.